The maximum Gasteiger partial charge on any atom is 0.399 e. The molecule has 4 aromatic carbocycles. The summed E-state index contributed by atoms with van der Waals surface area (Å²) in [6, 6.07) is 28.5. The van der Waals surface area contributed by atoms with Gasteiger partial charge in [0.15, 0.2) is 0 Å². The zero-order valence-electron chi connectivity index (χ0n) is 28.4. The second-order valence-electron chi connectivity index (χ2n) is 13.8. The molecule has 0 bridgehead atoms. The van der Waals surface area contributed by atoms with E-state index >= 15 is 0 Å². The molecular formula is C39H42BIrN5O-2. The van der Waals surface area contributed by atoms with E-state index in [4.69, 9.17) is 0 Å². The van der Waals surface area contributed by atoms with E-state index in [1.54, 1.807) is 6.07 Å². The monoisotopic (exact) mass is 800 g/mol. The molecule has 3 aliphatic rings. The summed E-state index contributed by atoms with van der Waals surface area (Å²) in [6.45, 7) is 15.7. The minimum atomic E-state index is -0.116. The number of anilines is 4. The average Bonchev–Trinajstić information content (AvgIpc) is 3.66. The van der Waals surface area contributed by atoms with E-state index < -0.39 is 0 Å². The number of aromatic nitrogens is 2. The zero-order chi connectivity index (χ0) is 32.5. The predicted molar refractivity (Wildman–Crippen MR) is 192 cm³/mol. The molecule has 0 aliphatic carbocycles. The van der Waals surface area contributed by atoms with Gasteiger partial charge in [0.2, 0.25) is 0 Å². The largest absolute Gasteiger partial charge is 0.506 e. The van der Waals surface area contributed by atoms with Crippen LogP contribution in [-0.4, -0.2) is 35.6 Å². The van der Waals surface area contributed by atoms with Crippen LogP contribution in [0, 0.1) is 12.7 Å². The number of fused-ring (bicyclic) bond motifs is 5. The van der Waals surface area contributed by atoms with Gasteiger partial charge in [0, 0.05) is 55.1 Å². The third-order valence-electron chi connectivity index (χ3n) is 9.94. The predicted octanol–water partition coefficient (Wildman–Crippen LogP) is 8.03. The Morgan fingerprint density at radius 1 is 0.830 bits per heavy atom. The van der Waals surface area contributed by atoms with E-state index in [0.717, 1.165) is 22.6 Å². The van der Waals surface area contributed by atoms with Crippen LogP contribution in [0.25, 0.3) is 11.4 Å². The van der Waals surface area contributed by atoms with Crippen LogP contribution in [0.15, 0.2) is 85.2 Å². The fourth-order valence-electron chi connectivity index (χ4n) is 7.63. The number of aromatic hydroxyl groups is 1. The van der Waals surface area contributed by atoms with E-state index in [-0.39, 0.29) is 32.5 Å². The number of hydrogen-bond donors (Lipinski definition) is 1. The Balaban J connectivity index is 0.000000166. The molecule has 1 aromatic heterocycles. The van der Waals surface area contributed by atoms with Crippen molar-refractivity contribution in [3.8, 4) is 17.1 Å². The van der Waals surface area contributed by atoms with Crippen LogP contribution in [0.1, 0.15) is 75.6 Å². The van der Waals surface area contributed by atoms with Crippen LogP contribution >= 0.6 is 0 Å². The molecule has 0 unspecified atom stereocenters. The summed E-state index contributed by atoms with van der Waals surface area (Å²) in [5.41, 5.74) is 12.1. The van der Waals surface area contributed by atoms with Crippen LogP contribution in [0.5, 0.6) is 5.75 Å². The van der Waals surface area contributed by atoms with E-state index in [1.165, 1.54) is 39.2 Å². The van der Waals surface area contributed by atoms with E-state index in [2.05, 4.69) is 140 Å². The molecule has 243 valence electrons. The smallest absolute Gasteiger partial charge is 0.399 e. The van der Waals surface area contributed by atoms with Gasteiger partial charge in [-0.2, -0.15) is 0 Å². The third-order valence-corrected chi connectivity index (χ3v) is 9.94. The van der Waals surface area contributed by atoms with Crippen LogP contribution in [0.3, 0.4) is 0 Å². The molecule has 0 fully saturated rings. The second-order valence-corrected chi connectivity index (χ2v) is 13.8. The maximum absolute atomic E-state index is 10.3. The van der Waals surface area contributed by atoms with Gasteiger partial charge in [-0.3, -0.25) is 4.98 Å². The number of para-hydroxylation sites is 2. The first-order chi connectivity index (χ1) is 22.0. The summed E-state index contributed by atoms with van der Waals surface area (Å²) >= 11 is 0. The minimum absolute atomic E-state index is 0. The summed E-state index contributed by atoms with van der Waals surface area (Å²) in [6.07, 6.45) is 4.00. The summed E-state index contributed by atoms with van der Waals surface area (Å²) in [7, 11) is 4.22. The van der Waals surface area contributed by atoms with Gasteiger partial charge < -0.3 is 24.2 Å². The number of rotatable bonds is 3. The standard InChI is InChI=1S/C22H25BN3.C17H17N2O.Ir/c1-15(2)17-10-8-11-18(16(3)4)21(17)23-25(5)20-12-7-6-9-19(20)22-24-13-14-26(22)23;1-17(2)11-6-4-8-13-15(11)19(10-18(13)3)16-12(17)7-5-9-14(16)20;/h6-8,10-16H,1-5H3;4-10,20H,1-3H3;/q2*-1;. The van der Waals surface area contributed by atoms with Gasteiger partial charge in [-0.25, -0.2) is 0 Å². The Hall–Kier alpha value is -4.00. The van der Waals surface area contributed by atoms with Crippen LogP contribution in [0.2, 0.25) is 0 Å². The summed E-state index contributed by atoms with van der Waals surface area (Å²) in [5, 5.41) is 10.3. The summed E-state index contributed by atoms with van der Waals surface area (Å²) in [4.78, 5) is 11.3. The Morgan fingerprint density at radius 3 is 2.13 bits per heavy atom. The van der Waals surface area contributed by atoms with Crippen molar-refractivity contribution in [2.24, 2.45) is 0 Å². The molecule has 1 N–H and O–H groups in total. The number of nitrogens with zero attached hydrogens (tertiary/aromatic N) is 5. The number of hydrogen-bond acceptors (Lipinski definition) is 5. The zero-order valence-corrected chi connectivity index (χ0v) is 30.8. The van der Waals surface area contributed by atoms with Gasteiger partial charge in [-0.1, -0.05) is 95.3 Å². The number of phenols is 1. The molecule has 8 rings (SSSR count). The van der Waals surface area contributed by atoms with Gasteiger partial charge in [0.25, 0.3) is 0 Å². The van der Waals surface area contributed by atoms with Gasteiger partial charge in [-0.05, 0) is 65.8 Å². The molecule has 0 amide bonds. The van der Waals surface area contributed by atoms with Crippen molar-refractivity contribution < 1.29 is 25.2 Å². The van der Waals surface area contributed by atoms with Crippen molar-refractivity contribution in [1.82, 2.24) is 9.46 Å². The number of phenolic OH excluding ortho intramolecular Hbond substituents is 1. The third kappa shape index (κ3) is 5.08. The van der Waals surface area contributed by atoms with E-state index in [9.17, 15) is 5.11 Å². The molecule has 0 atom stereocenters. The van der Waals surface area contributed by atoms with Crippen molar-refractivity contribution in [3.05, 3.63) is 120 Å². The molecule has 5 aromatic rings. The van der Waals surface area contributed by atoms with Crippen molar-refractivity contribution in [2.75, 3.05) is 28.7 Å². The topological polar surface area (TPSA) is 47.8 Å². The van der Waals surface area contributed by atoms with E-state index in [1.807, 2.05) is 32.0 Å². The molecule has 0 saturated heterocycles. The molecule has 47 heavy (non-hydrogen) atoms. The maximum atomic E-state index is 10.3. The number of benzene rings is 4. The first-order valence-electron chi connectivity index (χ1n) is 16.2. The Morgan fingerprint density at radius 2 is 1.45 bits per heavy atom. The van der Waals surface area contributed by atoms with E-state index in [0.29, 0.717) is 17.6 Å². The van der Waals surface area contributed by atoms with Gasteiger partial charge in [0.05, 0.1) is 5.69 Å². The molecule has 3 aliphatic heterocycles. The fourth-order valence-corrected chi connectivity index (χ4v) is 7.63. The van der Waals surface area contributed by atoms with Gasteiger partial charge in [0.1, 0.15) is 5.75 Å². The summed E-state index contributed by atoms with van der Waals surface area (Å²) in [5.74, 6) is 2.26. The second kappa shape index (κ2) is 12.2. The minimum Gasteiger partial charge on any atom is -0.506 e. The molecular weight excluding hydrogens is 757 g/mol. The normalized spacial score (nSPS) is 15.0. The quantitative estimate of drug-likeness (QED) is 0.148. The fraction of sp³-hybridized carbons (Fsp3) is 0.282. The van der Waals surface area contributed by atoms with Crippen molar-refractivity contribution >= 4 is 35.2 Å². The molecule has 1 radical (unpaired) electrons. The average molecular weight is 800 g/mol. The molecule has 0 saturated carbocycles. The van der Waals surface area contributed by atoms with Crippen LogP contribution in [0.4, 0.5) is 22.7 Å². The molecule has 8 heteroatoms. The van der Waals surface area contributed by atoms with Crippen molar-refractivity contribution in [3.63, 3.8) is 0 Å². The number of imidazole rings is 1. The van der Waals surface area contributed by atoms with Crippen molar-refractivity contribution in [2.45, 2.75) is 58.8 Å². The first kappa shape index (κ1) is 32.9. The Labute approximate surface area is 293 Å². The SMILES string of the molecule is CC(C)c1cccc(C(C)C)c1B1N(C)c2ccc[c-]c2-c2nccn21.CN1[CH-]N2c3c(O)cccc3C(C)(C)c3cccc1c32.[Ir]. The summed E-state index contributed by atoms with van der Waals surface area (Å²) < 4.78 is 2.30. The Bertz CT molecular complexity index is 1920. The van der Waals surface area contributed by atoms with Gasteiger partial charge in [-0.15, -0.1) is 30.9 Å². The molecule has 6 nitrogen and oxygen atoms in total. The Kier molecular flexibility index (Phi) is 8.56. The first-order valence-corrected chi connectivity index (χ1v) is 16.2. The molecule has 0 spiro atoms. The molecule has 4 heterocycles. The van der Waals surface area contributed by atoms with Crippen LogP contribution < -0.4 is 20.1 Å². The van der Waals surface area contributed by atoms with Crippen LogP contribution in [-0.2, 0) is 25.5 Å². The van der Waals surface area contributed by atoms with Crippen molar-refractivity contribution in [1.29, 1.82) is 0 Å². The van der Waals surface area contributed by atoms with Gasteiger partial charge >= 0.3 is 6.98 Å².